The summed E-state index contributed by atoms with van der Waals surface area (Å²) < 4.78 is 5.55. The van der Waals surface area contributed by atoms with Crippen LogP contribution in [0.1, 0.15) is 11.3 Å². The predicted octanol–water partition coefficient (Wildman–Crippen LogP) is 2.07. The second-order valence-electron chi connectivity index (χ2n) is 3.35. The fourth-order valence-corrected chi connectivity index (χ4v) is 1.27. The van der Waals surface area contributed by atoms with Crippen LogP contribution in [0.25, 0.3) is 0 Å². The highest BCUT2D eigenvalue weighted by molar-refractivity contribution is 5.31. The Labute approximate surface area is 93.6 Å². The van der Waals surface area contributed by atoms with Crippen LogP contribution in [0.3, 0.4) is 0 Å². The summed E-state index contributed by atoms with van der Waals surface area (Å²) in [5.41, 5.74) is 1.59. The second-order valence-corrected chi connectivity index (χ2v) is 3.35. The molecule has 0 radical (unpaired) electrons. The van der Waals surface area contributed by atoms with Gasteiger partial charge < -0.3 is 9.84 Å². The van der Waals surface area contributed by atoms with Crippen molar-refractivity contribution in [3.05, 3.63) is 47.9 Å². The standard InChI is InChI=1S/C12H12N2O2/c1-9-12(14-7-6-13-9)16-11-4-2-10(8-15)3-5-11/h2-7,15H,8H2,1H3. The van der Waals surface area contributed by atoms with Crippen molar-refractivity contribution in [3.8, 4) is 11.6 Å². The third-order valence-electron chi connectivity index (χ3n) is 2.16. The van der Waals surface area contributed by atoms with E-state index in [1.807, 2.05) is 6.92 Å². The lowest BCUT2D eigenvalue weighted by Gasteiger charge is -2.06. The number of aromatic nitrogens is 2. The van der Waals surface area contributed by atoms with Gasteiger partial charge in [0.25, 0.3) is 0 Å². The predicted molar refractivity (Wildman–Crippen MR) is 59.2 cm³/mol. The molecule has 4 nitrogen and oxygen atoms in total. The minimum absolute atomic E-state index is 0.0322. The molecule has 0 saturated heterocycles. The van der Waals surface area contributed by atoms with Crippen LogP contribution in [0.4, 0.5) is 0 Å². The molecule has 1 heterocycles. The van der Waals surface area contributed by atoms with Gasteiger partial charge in [-0.15, -0.1) is 0 Å². The van der Waals surface area contributed by atoms with Gasteiger partial charge in [-0.2, -0.15) is 0 Å². The molecule has 16 heavy (non-hydrogen) atoms. The van der Waals surface area contributed by atoms with E-state index in [9.17, 15) is 0 Å². The van der Waals surface area contributed by atoms with Crippen LogP contribution >= 0.6 is 0 Å². The number of benzene rings is 1. The van der Waals surface area contributed by atoms with E-state index in [4.69, 9.17) is 9.84 Å². The Morgan fingerprint density at radius 3 is 2.44 bits per heavy atom. The van der Waals surface area contributed by atoms with E-state index in [1.165, 1.54) is 0 Å². The van der Waals surface area contributed by atoms with Crippen molar-refractivity contribution in [2.24, 2.45) is 0 Å². The highest BCUT2D eigenvalue weighted by Gasteiger charge is 2.02. The molecule has 0 atom stereocenters. The first-order valence-electron chi connectivity index (χ1n) is 4.95. The SMILES string of the molecule is Cc1nccnc1Oc1ccc(CO)cc1. The summed E-state index contributed by atoms with van der Waals surface area (Å²) in [6, 6.07) is 7.20. The lowest BCUT2D eigenvalue weighted by molar-refractivity contribution is 0.281. The Balaban J connectivity index is 2.18. The maximum absolute atomic E-state index is 8.90. The molecule has 1 aromatic carbocycles. The first-order chi connectivity index (χ1) is 7.79. The van der Waals surface area contributed by atoms with Crippen LogP contribution in [0.5, 0.6) is 11.6 Å². The maximum Gasteiger partial charge on any atom is 0.240 e. The van der Waals surface area contributed by atoms with Gasteiger partial charge in [-0.05, 0) is 24.6 Å². The van der Waals surface area contributed by atoms with Crippen LogP contribution in [-0.4, -0.2) is 15.1 Å². The molecule has 0 spiro atoms. The van der Waals surface area contributed by atoms with E-state index in [-0.39, 0.29) is 6.61 Å². The van der Waals surface area contributed by atoms with Crippen molar-refractivity contribution in [3.63, 3.8) is 0 Å². The summed E-state index contributed by atoms with van der Waals surface area (Å²) in [7, 11) is 0. The Bertz CT molecular complexity index is 469. The highest BCUT2D eigenvalue weighted by atomic mass is 16.5. The lowest BCUT2D eigenvalue weighted by atomic mass is 10.2. The van der Waals surface area contributed by atoms with E-state index >= 15 is 0 Å². The molecule has 0 aliphatic carbocycles. The number of ether oxygens (including phenoxy) is 1. The summed E-state index contributed by atoms with van der Waals surface area (Å²) in [5, 5.41) is 8.90. The van der Waals surface area contributed by atoms with E-state index in [1.54, 1.807) is 36.7 Å². The van der Waals surface area contributed by atoms with E-state index in [0.29, 0.717) is 11.6 Å². The smallest absolute Gasteiger partial charge is 0.240 e. The van der Waals surface area contributed by atoms with Gasteiger partial charge in [-0.1, -0.05) is 12.1 Å². The van der Waals surface area contributed by atoms with Crippen LogP contribution in [0.15, 0.2) is 36.7 Å². The van der Waals surface area contributed by atoms with Crippen LogP contribution in [0, 0.1) is 6.92 Å². The fraction of sp³-hybridized carbons (Fsp3) is 0.167. The lowest BCUT2D eigenvalue weighted by Crippen LogP contribution is -1.93. The summed E-state index contributed by atoms with van der Waals surface area (Å²) in [6.45, 7) is 1.87. The van der Waals surface area contributed by atoms with Gasteiger partial charge in [0.05, 0.1) is 12.3 Å². The molecule has 0 amide bonds. The number of aliphatic hydroxyl groups excluding tert-OH is 1. The maximum atomic E-state index is 8.90. The van der Waals surface area contributed by atoms with Crippen molar-refractivity contribution >= 4 is 0 Å². The molecular formula is C12H12N2O2. The average Bonchev–Trinajstić information content (AvgIpc) is 2.33. The Hall–Kier alpha value is -1.94. The number of hydrogen-bond donors (Lipinski definition) is 1. The minimum Gasteiger partial charge on any atom is -0.437 e. The van der Waals surface area contributed by atoms with E-state index in [2.05, 4.69) is 9.97 Å². The highest BCUT2D eigenvalue weighted by Crippen LogP contribution is 2.21. The quantitative estimate of drug-likeness (QED) is 0.853. The summed E-state index contributed by atoms with van der Waals surface area (Å²) in [4.78, 5) is 8.16. The number of aliphatic hydroxyl groups is 1. The van der Waals surface area contributed by atoms with Crippen LogP contribution in [0.2, 0.25) is 0 Å². The van der Waals surface area contributed by atoms with Crippen molar-refractivity contribution in [1.82, 2.24) is 9.97 Å². The molecule has 0 aliphatic rings. The number of nitrogens with zero attached hydrogens (tertiary/aromatic N) is 2. The van der Waals surface area contributed by atoms with Crippen molar-refractivity contribution in [2.45, 2.75) is 13.5 Å². The first kappa shape index (κ1) is 10.6. The van der Waals surface area contributed by atoms with Gasteiger partial charge in [-0.3, -0.25) is 4.98 Å². The number of aryl methyl sites for hydroxylation is 1. The molecule has 1 aromatic heterocycles. The third-order valence-corrected chi connectivity index (χ3v) is 2.16. The largest absolute Gasteiger partial charge is 0.437 e. The summed E-state index contributed by atoms with van der Waals surface area (Å²) in [5.74, 6) is 1.18. The fourth-order valence-electron chi connectivity index (χ4n) is 1.27. The van der Waals surface area contributed by atoms with Crippen molar-refractivity contribution < 1.29 is 9.84 Å². The summed E-state index contributed by atoms with van der Waals surface area (Å²) in [6.07, 6.45) is 3.21. The molecule has 2 aromatic rings. The summed E-state index contributed by atoms with van der Waals surface area (Å²) >= 11 is 0. The first-order valence-corrected chi connectivity index (χ1v) is 4.95. The minimum atomic E-state index is 0.0322. The molecule has 0 aliphatic heterocycles. The Morgan fingerprint density at radius 1 is 1.12 bits per heavy atom. The molecule has 1 N–H and O–H groups in total. The Kier molecular flexibility index (Phi) is 3.12. The van der Waals surface area contributed by atoms with Gasteiger partial charge >= 0.3 is 0 Å². The molecule has 0 unspecified atom stereocenters. The topological polar surface area (TPSA) is 55.2 Å². The molecule has 0 saturated carbocycles. The normalized spacial score (nSPS) is 10.1. The molecule has 4 heteroatoms. The monoisotopic (exact) mass is 216 g/mol. The molecular weight excluding hydrogens is 204 g/mol. The molecule has 0 fully saturated rings. The zero-order valence-electron chi connectivity index (χ0n) is 8.92. The molecule has 0 bridgehead atoms. The third kappa shape index (κ3) is 2.35. The molecule has 82 valence electrons. The Morgan fingerprint density at radius 2 is 1.81 bits per heavy atom. The van der Waals surface area contributed by atoms with Crippen LogP contribution in [-0.2, 0) is 6.61 Å². The van der Waals surface area contributed by atoms with Crippen molar-refractivity contribution in [2.75, 3.05) is 0 Å². The van der Waals surface area contributed by atoms with E-state index < -0.39 is 0 Å². The zero-order valence-corrected chi connectivity index (χ0v) is 8.92. The average molecular weight is 216 g/mol. The zero-order chi connectivity index (χ0) is 11.4. The van der Waals surface area contributed by atoms with Gasteiger partial charge in [0, 0.05) is 12.4 Å². The number of rotatable bonds is 3. The molecule has 2 rings (SSSR count). The van der Waals surface area contributed by atoms with Crippen molar-refractivity contribution in [1.29, 1.82) is 0 Å². The van der Waals surface area contributed by atoms with Gasteiger partial charge in [0.15, 0.2) is 0 Å². The van der Waals surface area contributed by atoms with Crippen LogP contribution < -0.4 is 4.74 Å². The van der Waals surface area contributed by atoms with Gasteiger partial charge in [0.2, 0.25) is 5.88 Å². The second kappa shape index (κ2) is 4.72. The van der Waals surface area contributed by atoms with E-state index in [0.717, 1.165) is 11.3 Å². The van der Waals surface area contributed by atoms with Gasteiger partial charge in [0.1, 0.15) is 5.75 Å². The van der Waals surface area contributed by atoms with Gasteiger partial charge in [-0.25, -0.2) is 4.98 Å². The number of hydrogen-bond acceptors (Lipinski definition) is 4.